The number of amides is 1. The smallest absolute Gasteiger partial charge is 0.256 e. The third-order valence-corrected chi connectivity index (χ3v) is 5.84. The minimum atomic E-state index is -1.40. The van der Waals surface area contributed by atoms with Gasteiger partial charge in [0.15, 0.2) is 11.5 Å². The molecule has 6 N–H and O–H groups in total. The first-order chi connectivity index (χ1) is 15.9. The highest BCUT2D eigenvalue weighted by molar-refractivity contribution is 6.07. The molecule has 0 saturated heterocycles. The van der Waals surface area contributed by atoms with Crippen molar-refractivity contribution in [2.75, 3.05) is 6.79 Å². The van der Waals surface area contributed by atoms with Crippen molar-refractivity contribution in [1.29, 1.82) is 0 Å². The number of aromatic nitrogens is 1. The average molecular weight is 452 g/mol. The summed E-state index contributed by atoms with van der Waals surface area (Å²) in [5.41, 5.74) is 0.733. The van der Waals surface area contributed by atoms with Crippen LogP contribution in [0.15, 0.2) is 48.7 Å². The summed E-state index contributed by atoms with van der Waals surface area (Å²) in [6.45, 7) is -0.0696. The number of ether oxygens (including phenoxy) is 2. The van der Waals surface area contributed by atoms with Crippen LogP contribution >= 0.6 is 0 Å². The van der Waals surface area contributed by atoms with Crippen molar-refractivity contribution in [3.05, 3.63) is 59.8 Å². The van der Waals surface area contributed by atoms with E-state index in [2.05, 4.69) is 10.3 Å². The van der Waals surface area contributed by atoms with Crippen molar-refractivity contribution in [2.45, 2.75) is 24.4 Å². The van der Waals surface area contributed by atoms with E-state index < -0.39 is 30.3 Å². The highest BCUT2D eigenvalue weighted by Gasteiger charge is 2.44. The molecule has 0 bridgehead atoms. The summed E-state index contributed by atoms with van der Waals surface area (Å²) in [5, 5.41) is 53.5. The van der Waals surface area contributed by atoms with Crippen LogP contribution in [0.3, 0.4) is 0 Å². The number of benzene rings is 2. The minimum absolute atomic E-state index is 0.0115. The third-order valence-electron chi connectivity index (χ3n) is 5.84. The Kier molecular flexibility index (Phi) is 5.05. The molecule has 0 radical (unpaired) electrons. The number of carbonyl (C=O) groups excluding carboxylic acids is 1. The Morgan fingerprint density at radius 1 is 1.03 bits per heavy atom. The SMILES string of the molecule is O=C1N[C@@H]2C(=C[C@H](O)[C@@H](O)[C@H]2O)c2cc3c(c(O)c21)OCO3.Oc1nccc2ccccc12. The van der Waals surface area contributed by atoms with Crippen molar-refractivity contribution in [3.8, 4) is 23.1 Å². The van der Waals surface area contributed by atoms with Crippen LogP contribution in [-0.2, 0) is 0 Å². The summed E-state index contributed by atoms with van der Waals surface area (Å²) in [5.74, 6) is -0.485. The molecule has 0 fully saturated rings. The normalized spacial score (nSPS) is 24.7. The van der Waals surface area contributed by atoms with Crippen LogP contribution in [0.25, 0.3) is 16.3 Å². The number of aliphatic hydroxyl groups is 3. The van der Waals surface area contributed by atoms with E-state index in [0.29, 0.717) is 11.1 Å². The largest absolute Gasteiger partial charge is 0.504 e. The second-order valence-corrected chi connectivity index (χ2v) is 7.78. The maximum atomic E-state index is 12.2. The highest BCUT2D eigenvalue weighted by atomic mass is 16.7. The summed E-state index contributed by atoms with van der Waals surface area (Å²) in [6, 6.07) is 10.1. The molecule has 33 heavy (non-hydrogen) atoms. The van der Waals surface area contributed by atoms with Gasteiger partial charge in [0.05, 0.1) is 11.6 Å². The third kappa shape index (κ3) is 3.41. The Labute approximate surface area is 187 Å². The van der Waals surface area contributed by atoms with E-state index in [9.17, 15) is 30.3 Å². The predicted octanol–water partition coefficient (Wildman–Crippen LogP) is 0.653. The van der Waals surface area contributed by atoms with Crippen LogP contribution in [0.4, 0.5) is 0 Å². The van der Waals surface area contributed by atoms with E-state index in [1.165, 1.54) is 12.1 Å². The molecule has 2 aliphatic heterocycles. The molecular weight excluding hydrogens is 432 g/mol. The van der Waals surface area contributed by atoms with Gasteiger partial charge in [0.1, 0.15) is 18.3 Å². The number of aliphatic hydroxyl groups excluding tert-OH is 3. The molecule has 10 nitrogen and oxygen atoms in total. The highest BCUT2D eigenvalue weighted by Crippen LogP contribution is 2.48. The quantitative estimate of drug-likeness (QED) is 0.288. The maximum Gasteiger partial charge on any atom is 0.256 e. The monoisotopic (exact) mass is 452 g/mol. The first-order valence-electron chi connectivity index (χ1n) is 10.1. The van der Waals surface area contributed by atoms with Crippen LogP contribution in [0, 0.1) is 0 Å². The molecule has 6 rings (SSSR count). The van der Waals surface area contributed by atoms with Gasteiger partial charge >= 0.3 is 0 Å². The lowest BCUT2D eigenvalue weighted by Gasteiger charge is -2.39. The van der Waals surface area contributed by atoms with Gasteiger partial charge in [0.2, 0.25) is 18.4 Å². The van der Waals surface area contributed by atoms with Gasteiger partial charge < -0.3 is 40.3 Å². The Balaban J connectivity index is 0.000000174. The first-order valence-corrected chi connectivity index (χ1v) is 10.1. The molecule has 2 aromatic carbocycles. The van der Waals surface area contributed by atoms with E-state index in [1.54, 1.807) is 6.20 Å². The number of hydrogen-bond donors (Lipinski definition) is 6. The van der Waals surface area contributed by atoms with Crippen LogP contribution in [0.5, 0.6) is 23.1 Å². The van der Waals surface area contributed by atoms with Crippen LogP contribution < -0.4 is 14.8 Å². The summed E-state index contributed by atoms with van der Waals surface area (Å²) in [4.78, 5) is 16.0. The number of nitrogens with one attached hydrogen (secondary N) is 1. The molecule has 3 heterocycles. The Bertz CT molecular complexity index is 1290. The molecule has 0 saturated carbocycles. The Hall–Kier alpha value is -3.86. The van der Waals surface area contributed by atoms with Crippen molar-refractivity contribution in [1.82, 2.24) is 10.3 Å². The molecule has 0 spiro atoms. The average Bonchev–Trinajstić information content (AvgIpc) is 3.29. The molecule has 10 heteroatoms. The number of carbonyl (C=O) groups is 1. The lowest BCUT2D eigenvalue weighted by atomic mass is 9.79. The van der Waals surface area contributed by atoms with Gasteiger partial charge in [-0.2, -0.15) is 0 Å². The van der Waals surface area contributed by atoms with Gasteiger partial charge in [-0.15, -0.1) is 0 Å². The zero-order valence-electron chi connectivity index (χ0n) is 17.0. The lowest BCUT2D eigenvalue weighted by molar-refractivity contribution is -0.0535. The number of phenols is 1. The van der Waals surface area contributed by atoms with E-state index in [4.69, 9.17) is 9.47 Å². The Morgan fingerprint density at radius 3 is 2.61 bits per heavy atom. The van der Waals surface area contributed by atoms with Gasteiger partial charge in [-0.25, -0.2) is 4.98 Å². The molecule has 3 aromatic rings. The topological polar surface area (TPSA) is 162 Å². The molecular formula is C23H20N2O8. The minimum Gasteiger partial charge on any atom is -0.504 e. The number of phenolic OH excluding ortho intramolecular Hbond substituents is 1. The van der Waals surface area contributed by atoms with Gasteiger partial charge in [0.25, 0.3) is 5.91 Å². The molecule has 4 atom stereocenters. The Morgan fingerprint density at radius 2 is 1.82 bits per heavy atom. The van der Waals surface area contributed by atoms with Crippen molar-refractivity contribution in [3.63, 3.8) is 0 Å². The van der Waals surface area contributed by atoms with E-state index in [1.807, 2.05) is 30.3 Å². The maximum absolute atomic E-state index is 12.2. The zero-order chi connectivity index (χ0) is 23.3. The molecule has 1 aliphatic carbocycles. The summed E-state index contributed by atoms with van der Waals surface area (Å²) in [6.07, 6.45) is -1.10. The van der Waals surface area contributed by atoms with Crippen LogP contribution in [0.2, 0.25) is 0 Å². The lowest BCUT2D eigenvalue weighted by Crippen LogP contribution is -2.57. The fourth-order valence-corrected chi connectivity index (χ4v) is 4.19. The standard InChI is InChI=1S/C14H13NO7.C9H7NO/c16-6-1-5-4-2-7-13(22-3-21-7)11(18)8(4)14(20)15-9(5)12(19)10(6)17;11-9-8-4-2-1-3-7(8)5-6-10-9/h1-2,6,9-10,12,16-19H,3H2,(H,15,20);1-6H,(H,10,11)/t6-,9+,10+,12-;/m0./s1. The molecule has 1 amide bonds. The van der Waals surface area contributed by atoms with Crippen LogP contribution in [-0.4, -0.2) is 67.6 Å². The second-order valence-electron chi connectivity index (χ2n) is 7.78. The number of hydrogen-bond acceptors (Lipinski definition) is 9. The molecule has 170 valence electrons. The molecule has 0 unspecified atom stereocenters. The van der Waals surface area contributed by atoms with Crippen molar-refractivity contribution >= 4 is 22.3 Å². The number of aromatic hydroxyl groups is 2. The first kappa shape index (κ1) is 21.0. The van der Waals surface area contributed by atoms with Gasteiger partial charge in [-0.3, -0.25) is 4.79 Å². The van der Waals surface area contributed by atoms with E-state index >= 15 is 0 Å². The van der Waals surface area contributed by atoms with Gasteiger partial charge in [0, 0.05) is 17.1 Å². The second kappa shape index (κ2) is 7.93. The number of fused-ring (bicyclic) bond motifs is 5. The summed E-state index contributed by atoms with van der Waals surface area (Å²) < 4.78 is 10.3. The number of rotatable bonds is 0. The molecule has 1 aromatic heterocycles. The van der Waals surface area contributed by atoms with E-state index in [0.717, 1.165) is 10.8 Å². The molecule has 3 aliphatic rings. The van der Waals surface area contributed by atoms with E-state index in [-0.39, 0.29) is 35.5 Å². The van der Waals surface area contributed by atoms with Crippen LogP contribution in [0.1, 0.15) is 15.9 Å². The number of nitrogens with zero attached hydrogens (tertiary/aromatic N) is 1. The number of pyridine rings is 1. The van der Waals surface area contributed by atoms with Gasteiger partial charge in [-0.05, 0) is 35.2 Å². The van der Waals surface area contributed by atoms with Gasteiger partial charge in [-0.1, -0.05) is 18.2 Å². The zero-order valence-corrected chi connectivity index (χ0v) is 17.0. The van der Waals surface area contributed by atoms with Crippen molar-refractivity contribution in [2.24, 2.45) is 0 Å². The van der Waals surface area contributed by atoms with Crippen molar-refractivity contribution < 1.29 is 39.8 Å². The predicted molar refractivity (Wildman–Crippen MR) is 115 cm³/mol. The fourth-order valence-electron chi connectivity index (χ4n) is 4.19. The summed E-state index contributed by atoms with van der Waals surface area (Å²) in [7, 11) is 0. The summed E-state index contributed by atoms with van der Waals surface area (Å²) >= 11 is 0. The fraction of sp³-hybridized carbons (Fsp3) is 0.217.